The van der Waals surface area contributed by atoms with Crippen LogP contribution < -0.4 is 5.32 Å². The summed E-state index contributed by atoms with van der Waals surface area (Å²) in [4.78, 5) is 15.8. The van der Waals surface area contributed by atoms with Gasteiger partial charge in [0, 0.05) is 36.8 Å². The van der Waals surface area contributed by atoms with Crippen LogP contribution in [0.15, 0.2) is 12.3 Å². The summed E-state index contributed by atoms with van der Waals surface area (Å²) in [5.74, 6) is 0.0179. The molecule has 2 rings (SSSR count). The fraction of sp³-hybridized carbons (Fsp3) is 0.417. The zero-order valence-corrected chi connectivity index (χ0v) is 12.5. The van der Waals surface area contributed by atoms with E-state index in [-0.39, 0.29) is 5.91 Å². The largest absolute Gasteiger partial charge is 0.355 e. The highest BCUT2D eigenvalue weighted by atomic mass is 32.1. The third-order valence-electron chi connectivity index (χ3n) is 2.72. The number of nitrogens with one attached hydrogen (secondary N) is 2. The Kier molecular flexibility index (Phi) is 4.49. The molecule has 2 heterocycles. The first-order valence-corrected chi connectivity index (χ1v) is 7.21. The number of aromatic nitrogens is 3. The molecule has 0 unspecified atom stereocenters. The minimum Gasteiger partial charge on any atom is -0.355 e. The van der Waals surface area contributed by atoms with Gasteiger partial charge >= 0.3 is 0 Å². The number of carbonyl (C=O) groups excluding carboxylic acids is 1. The zero-order chi connectivity index (χ0) is 13.8. The van der Waals surface area contributed by atoms with Crippen LogP contribution in [0.5, 0.6) is 0 Å². The van der Waals surface area contributed by atoms with Crippen molar-refractivity contribution in [2.75, 3.05) is 6.54 Å². The minimum atomic E-state index is 0.0179. The first-order chi connectivity index (χ1) is 9.04. The second-order valence-electron chi connectivity index (χ2n) is 4.32. The molecule has 2 N–H and O–H groups in total. The van der Waals surface area contributed by atoms with E-state index in [0.717, 1.165) is 22.7 Å². The number of hydrogen-bond acceptors (Lipinski definition) is 4. The maximum absolute atomic E-state index is 11.8. The normalized spacial score (nSPS) is 10.6. The van der Waals surface area contributed by atoms with Gasteiger partial charge in [0.1, 0.15) is 0 Å². The molecule has 0 saturated heterocycles. The van der Waals surface area contributed by atoms with Crippen molar-refractivity contribution >= 4 is 29.5 Å². The zero-order valence-electron chi connectivity index (χ0n) is 10.9. The maximum Gasteiger partial charge on any atom is 0.225 e. The lowest BCUT2D eigenvalue weighted by Gasteiger charge is -2.03. The monoisotopic (exact) mass is 296 g/mol. The van der Waals surface area contributed by atoms with Crippen LogP contribution in [0.3, 0.4) is 0 Å². The third kappa shape index (κ3) is 4.00. The Morgan fingerprint density at radius 2 is 2.42 bits per heavy atom. The van der Waals surface area contributed by atoms with E-state index in [9.17, 15) is 4.79 Å². The first kappa shape index (κ1) is 14.0. The highest BCUT2D eigenvalue weighted by molar-refractivity contribution is 7.73. The van der Waals surface area contributed by atoms with Crippen molar-refractivity contribution in [3.63, 3.8) is 0 Å². The molecule has 0 fully saturated rings. The van der Waals surface area contributed by atoms with Gasteiger partial charge in [-0.15, -0.1) is 11.3 Å². The molecule has 7 heteroatoms. The van der Waals surface area contributed by atoms with Crippen molar-refractivity contribution in [3.8, 4) is 0 Å². The lowest BCUT2D eigenvalue weighted by atomic mass is 10.2. The van der Waals surface area contributed by atoms with Crippen molar-refractivity contribution in [1.82, 2.24) is 20.1 Å². The molecule has 0 aromatic carbocycles. The van der Waals surface area contributed by atoms with Crippen LogP contribution in [0.2, 0.25) is 0 Å². The van der Waals surface area contributed by atoms with Crippen LogP contribution in [0.4, 0.5) is 0 Å². The second-order valence-corrected chi connectivity index (χ2v) is 6.09. The van der Waals surface area contributed by atoms with Crippen LogP contribution in [-0.4, -0.2) is 27.2 Å². The smallest absolute Gasteiger partial charge is 0.225 e. The van der Waals surface area contributed by atoms with Gasteiger partial charge in [0.05, 0.1) is 12.1 Å². The number of aryl methyl sites for hydroxylation is 2. The first-order valence-electron chi connectivity index (χ1n) is 5.98. The molecule has 0 atom stereocenters. The molecule has 0 aliphatic rings. The highest BCUT2D eigenvalue weighted by Crippen LogP contribution is 2.14. The molecule has 2 aromatic rings. The maximum atomic E-state index is 11.8. The highest BCUT2D eigenvalue weighted by Gasteiger charge is 2.08. The van der Waals surface area contributed by atoms with E-state index in [4.69, 9.17) is 12.2 Å². The Hall–Kier alpha value is -1.47. The standard InChI is InChI=1S/C12H16N4OS2/c1-8-10(19-12(18)14-8)7-11(17)13-5-3-9-4-6-16(2)15-9/h4,6H,3,5,7H2,1-2H3,(H,13,17)(H,14,18). The molecule has 0 aliphatic carbocycles. The average Bonchev–Trinajstić information content (AvgIpc) is 2.86. The number of nitrogens with zero attached hydrogens (tertiary/aromatic N) is 2. The number of amides is 1. The van der Waals surface area contributed by atoms with E-state index < -0.39 is 0 Å². The summed E-state index contributed by atoms with van der Waals surface area (Å²) in [6.45, 7) is 2.54. The van der Waals surface area contributed by atoms with Crippen LogP contribution in [0.1, 0.15) is 16.3 Å². The molecule has 0 radical (unpaired) electrons. The lowest BCUT2D eigenvalue weighted by Crippen LogP contribution is -2.27. The topological polar surface area (TPSA) is 62.7 Å². The number of aromatic amines is 1. The molecule has 0 saturated carbocycles. The SMILES string of the molecule is Cc1[nH]c(=S)sc1CC(=O)NCCc1ccn(C)n1. The fourth-order valence-corrected chi connectivity index (χ4v) is 3.03. The summed E-state index contributed by atoms with van der Waals surface area (Å²) in [7, 11) is 1.88. The third-order valence-corrected chi connectivity index (χ3v) is 4.05. The van der Waals surface area contributed by atoms with Gasteiger partial charge in [-0.2, -0.15) is 5.10 Å². The molecule has 0 bridgehead atoms. The van der Waals surface area contributed by atoms with Gasteiger partial charge in [0.2, 0.25) is 5.91 Å². The van der Waals surface area contributed by atoms with Gasteiger partial charge in [-0.25, -0.2) is 0 Å². The molecule has 1 amide bonds. The summed E-state index contributed by atoms with van der Waals surface area (Å²) in [6, 6.07) is 1.95. The summed E-state index contributed by atoms with van der Waals surface area (Å²) >= 11 is 6.51. The number of H-pyrrole nitrogens is 1. The van der Waals surface area contributed by atoms with E-state index in [1.54, 1.807) is 4.68 Å². The molecule has 19 heavy (non-hydrogen) atoms. The molecular formula is C12H16N4OS2. The Bertz CT molecular complexity index is 626. The Balaban J connectivity index is 1.79. The van der Waals surface area contributed by atoms with Crippen molar-refractivity contribution in [1.29, 1.82) is 0 Å². The molecule has 102 valence electrons. The Morgan fingerprint density at radius 1 is 1.63 bits per heavy atom. The van der Waals surface area contributed by atoms with Crippen LogP contribution in [0, 0.1) is 10.9 Å². The Morgan fingerprint density at radius 3 is 3.00 bits per heavy atom. The van der Waals surface area contributed by atoms with Gasteiger partial charge in [-0.05, 0) is 25.2 Å². The van der Waals surface area contributed by atoms with Crippen LogP contribution in [-0.2, 0) is 24.7 Å². The number of carbonyl (C=O) groups is 1. The number of thiazole rings is 1. The average molecular weight is 296 g/mol. The van der Waals surface area contributed by atoms with E-state index >= 15 is 0 Å². The van der Waals surface area contributed by atoms with Crippen LogP contribution >= 0.6 is 23.6 Å². The van der Waals surface area contributed by atoms with E-state index in [2.05, 4.69) is 15.4 Å². The predicted molar refractivity (Wildman–Crippen MR) is 77.9 cm³/mol. The van der Waals surface area contributed by atoms with Gasteiger partial charge in [-0.3, -0.25) is 9.48 Å². The van der Waals surface area contributed by atoms with Gasteiger partial charge in [0.15, 0.2) is 3.95 Å². The number of hydrogen-bond donors (Lipinski definition) is 2. The summed E-state index contributed by atoms with van der Waals surface area (Å²) in [6.07, 6.45) is 3.02. The van der Waals surface area contributed by atoms with Crippen molar-refractivity contribution in [3.05, 3.63) is 32.5 Å². The Labute approximate surface area is 120 Å². The molecule has 0 spiro atoms. The van der Waals surface area contributed by atoms with Crippen molar-refractivity contribution in [2.45, 2.75) is 19.8 Å². The van der Waals surface area contributed by atoms with Gasteiger partial charge in [0.25, 0.3) is 0 Å². The fourth-order valence-electron chi connectivity index (χ4n) is 1.74. The van der Waals surface area contributed by atoms with Gasteiger partial charge < -0.3 is 10.3 Å². The van der Waals surface area contributed by atoms with Crippen molar-refractivity contribution < 1.29 is 4.79 Å². The second kappa shape index (κ2) is 6.12. The van der Waals surface area contributed by atoms with E-state index in [0.29, 0.717) is 16.9 Å². The lowest BCUT2D eigenvalue weighted by molar-refractivity contribution is -0.120. The summed E-state index contributed by atoms with van der Waals surface area (Å²) in [5.41, 5.74) is 1.96. The van der Waals surface area contributed by atoms with Crippen molar-refractivity contribution in [2.24, 2.45) is 7.05 Å². The minimum absolute atomic E-state index is 0.0179. The van der Waals surface area contributed by atoms with Gasteiger partial charge in [-0.1, -0.05) is 0 Å². The molecule has 0 aliphatic heterocycles. The summed E-state index contributed by atoms with van der Waals surface area (Å²) in [5, 5.41) is 7.15. The molecule has 2 aromatic heterocycles. The van der Waals surface area contributed by atoms with E-state index in [1.165, 1.54) is 11.3 Å². The van der Waals surface area contributed by atoms with Crippen LogP contribution in [0.25, 0.3) is 0 Å². The quantitative estimate of drug-likeness (QED) is 0.826. The predicted octanol–water partition coefficient (Wildman–Crippen LogP) is 1.75. The van der Waals surface area contributed by atoms with E-state index in [1.807, 2.05) is 26.2 Å². The molecular weight excluding hydrogens is 280 g/mol. The number of rotatable bonds is 5. The molecule has 5 nitrogen and oxygen atoms in total. The summed E-state index contributed by atoms with van der Waals surface area (Å²) < 4.78 is 2.47.